The van der Waals surface area contributed by atoms with E-state index < -0.39 is 5.60 Å². The molecule has 3 rings (SSSR count). The Morgan fingerprint density at radius 2 is 2.18 bits per heavy atom. The summed E-state index contributed by atoms with van der Waals surface area (Å²) >= 11 is 0. The van der Waals surface area contributed by atoms with Crippen molar-refractivity contribution in [3.8, 4) is 0 Å². The summed E-state index contributed by atoms with van der Waals surface area (Å²) in [6.45, 7) is 7.89. The normalized spacial score (nSPS) is 42.9. The predicted molar refractivity (Wildman–Crippen MR) is 64.7 cm³/mol. The molecule has 4 atom stereocenters. The molecule has 3 fully saturated rings. The van der Waals surface area contributed by atoms with Crippen LogP contribution in [0.1, 0.15) is 33.6 Å². The van der Waals surface area contributed by atoms with Crippen LogP contribution in [0.2, 0.25) is 0 Å². The van der Waals surface area contributed by atoms with Crippen LogP contribution in [0.3, 0.4) is 0 Å². The van der Waals surface area contributed by atoms with Crippen molar-refractivity contribution >= 4 is 6.09 Å². The van der Waals surface area contributed by atoms with Gasteiger partial charge in [0.25, 0.3) is 0 Å². The van der Waals surface area contributed by atoms with E-state index in [1.54, 1.807) is 0 Å². The highest BCUT2D eigenvalue weighted by Gasteiger charge is 2.68. The Hall–Kier alpha value is -0.770. The molecule has 0 aromatic rings. The maximum absolute atomic E-state index is 11.9. The fourth-order valence-electron chi connectivity index (χ4n) is 3.78. The molecule has 0 aromatic carbocycles. The van der Waals surface area contributed by atoms with Crippen LogP contribution in [-0.4, -0.2) is 30.3 Å². The molecule has 4 nitrogen and oxygen atoms in total. The van der Waals surface area contributed by atoms with E-state index in [9.17, 15) is 4.79 Å². The fourth-order valence-corrected chi connectivity index (χ4v) is 3.78. The minimum absolute atomic E-state index is 0.0660. The van der Waals surface area contributed by atoms with Gasteiger partial charge in [-0.3, -0.25) is 0 Å². The number of ether oxygens (including phenoxy) is 1. The summed E-state index contributed by atoms with van der Waals surface area (Å²) in [5.41, 5.74) is -0.340. The van der Waals surface area contributed by atoms with Gasteiger partial charge in [0.2, 0.25) is 0 Å². The lowest BCUT2D eigenvalue weighted by atomic mass is 9.91. The van der Waals surface area contributed by atoms with Gasteiger partial charge in [-0.15, -0.1) is 0 Å². The van der Waals surface area contributed by atoms with Crippen molar-refractivity contribution in [1.82, 2.24) is 10.6 Å². The van der Waals surface area contributed by atoms with E-state index in [1.165, 1.54) is 6.42 Å². The smallest absolute Gasteiger partial charge is 0.408 e. The van der Waals surface area contributed by atoms with Crippen molar-refractivity contribution < 1.29 is 9.53 Å². The van der Waals surface area contributed by atoms with Crippen molar-refractivity contribution in [2.24, 2.45) is 17.8 Å². The van der Waals surface area contributed by atoms with Crippen LogP contribution in [0.5, 0.6) is 0 Å². The van der Waals surface area contributed by atoms with E-state index in [4.69, 9.17) is 4.74 Å². The minimum Gasteiger partial charge on any atom is -0.444 e. The highest BCUT2D eigenvalue weighted by atomic mass is 16.6. The van der Waals surface area contributed by atoms with Crippen LogP contribution in [-0.2, 0) is 4.74 Å². The van der Waals surface area contributed by atoms with Gasteiger partial charge in [-0.1, -0.05) is 0 Å². The summed E-state index contributed by atoms with van der Waals surface area (Å²) < 4.78 is 5.37. The quantitative estimate of drug-likeness (QED) is 0.728. The third-order valence-electron chi connectivity index (χ3n) is 4.47. The molecular weight excluding hydrogens is 216 g/mol. The number of hydrogen-bond acceptors (Lipinski definition) is 3. The number of carbonyl (C=O) groups is 1. The van der Waals surface area contributed by atoms with E-state index in [2.05, 4.69) is 10.6 Å². The average Bonchev–Trinajstić information content (AvgIpc) is 2.55. The van der Waals surface area contributed by atoms with Crippen molar-refractivity contribution in [3.05, 3.63) is 0 Å². The van der Waals surface area contributed by atoms with E-state index in [1.807, 2.05) is 20.8 Å². The molecule has 0 bridgehead atoms. The van der Waals surface area contributed by atoms with Gasteiger partial charge in [0.15, 0.2) is 0 Å². The zero-order valence-corrected chi connectivity index (χ0v) is 10.9. The second kappa shape index (κ2) is 3.37. The number of amides is 1. The molecule has 0 aromatic heterocycles. The Bertz CT molecular complexity index is 350. The van der Waals surface area contributed by atoms with Crippen LogP contribution < -0.4 is 10.6 Å². The standard InChI is InChI=1S/C13H22N2O2/c1-12(2,3)17-11(16)15-13-5-9(13)4-8-6-14-7-10(8)13/h8-10,14H,4-7H2,1-3H3,(H,15,16)/t8-,9?,10+,13-/m1/s1. The molecule has 4 heteroatoms. The molecule has 1 heterocycles. The summed E-state index contributed by atoms with van der Waals surface area (Å²) in [5, 5.41) is 6.59. The van der Waals surface area contributed by atoms with Crippen LogP contribution in [0, 0.1) is 17.8 Å². The third kappa shape index (κ3) is 1.82. The lowest BCUT2D eigenvalue weighted by Crippen LogP contribution is -2.46. The lowest BCUT2D eigenvalue weighted by Gasteiger charge is -2.26. The molecule has 0 spiro atoms. The van der Waals surface area contributed by atoms with Gasteiger partial charge >= 0.3 is 6.09 Å². The molecule has 2 N–H and O–H groups in total. The van der Waals surface area contributed by atoms with Crippen LogP contribution in [0.25, 0.3) is 0 Å². The topological polar surface area (TPSA) is 50.4 Å². The maximum Gasteiger partial charge on any atom is 0.408 e. The Morgan fingerprint density at radius 3 is 2.88 bits per heavy atom. The Balaban J connectivity index is 1.64. The highest BCUT2D eigenvalue weighted by Crippen LogP contribution is 2.62. The van der Waals surface area contributed by atoms with E-state index in [0.717, 1.165) is 25.4 Å². The zero-order valence-electron chi connectivity index (χ0n) is 10.9. The van der Waals surface area contributed by atoms with Gasteiger partial charge in [-0.2, -0.15) is 0 Å². The average molecular weight is 238 g/mol. The first-order valence-corrected chi connectivity index (χ1v) is 6.62. The van der Waals surface area contributed by atoms with Gasteiger partial charge in [-0.25, -0.2) is 4.79 Å². The molecule has 2 saturated carbocycles. The molecule has 1 aliphatic heterocycles. The Labute approximate surface area is 102 Å². The molecule has 2 aliphatic carbocycles. The van der Waals surface area contributed by atoms with E-state index in [0.29, 0.717) is 11.8 Å². The van der Waals surface area contributed by atoms with Crippen LogP contribution in [0.15, 0.2) is 0 Å². The SMILES string of the molecule is CC(C)(C)OC(=O)N[C@]12CC1C[C@@H]1CNC[C@@H]12. The van der Waals surface area contributed by atoms with Gasteiger partial charge in [-0.05, 0) is 57.9 Å². The van der Waals surface area contributed by atoms with Crippen LogP contribution >= 0.6 is 0 Å². The van der Waals surface area contributed by atoms with Gasteiger partial charge in [0.05, 0.1) is 5.54 Å². The first-order chi connectivity index (χ1) is 7.91. The number of carbonyl (C=O) groups excluding carboxylic acids is 1. The number of alkyl carbamates (subject to hydrolysis) is 1. The second-order valence-electron chi connectivity index (χ2n) is 6.83. The molecule has 3 aliphatic rings. The number of hydrogen-bond donors (Lipinski definition) is 2. The Morgan fingerprint density at radius 1 is 1.41 bits per heavy atom. The van der Waals surface area contributed by atoms with Gasteiger partial charge < -0.3 is 15.4 Å². The molecular formula is C13H22N2O2. The highest BCUT2D eigenvalue weighted by molar-refractivity contribution is 5.70. The van der Waals surface area contributed by atoms with Gasteiger partial charge in [0, 0.05) is 6.54 Å². The van der Waals surface area contributed by atoms with E-state index >= 15 is 0 Å². The Kier molecular flexibility index (Phi) is 2.25. The lowest BCUT2D eigenvalue weighted by molar-refractivity contribution is 0.0476. The third-order valence-corrected chi connectivity index (χ3v) is 4.47. The summed E-state index contributed by atoms with van der Waals surface area (Å²) in [6, 6.07) is 0. The summed E-state index contributed by atoms with van der Waals surface area (Å²) in [7, 11) is 0. The first-order valence-electron chi connectivity index (χ1n) is 6.62. The molecule has 1 unspecified atom stereocenters. The van der Waals surface area contributed by atoms with Crippen molar-refractivity contribution in [2.45, 2.75) is 44.8 Å². The van der Waals surface area contributed by atoms with Crippen molar-refractivity contribution in [2.75, 3.05) is 13.1 Å². The molecule has 1 amide bonds. The number of nitrogens with one attached hydrogen (secondary N) is 2. The first kappa shape index (κ1) is 11.3. The summed E-state index contributed by atoms with van der Waals surface area (Å²) in [4.78, 5) is 11.9. The van der Waals surface area contributed by atoms with Crippen LogP contribution in [0.4, 0.5) is 4.79 Å². The van der Waals surface area contributed by atoms with Crippen molar-refractivity contribution in [1.29, 1.82) is 0 Å². The zero-order chi connectivity index (χ0) is 12.3. The fraction of sp³-hybridized carbons (Fsp3) is 0.923. The maximum atomic E-state index is 11.9. The predicted octanol–water partition coefficient (Wildman–Crippen LogP) is 1.51. The summed E-state index contributed by atoms with van der Waals surface area (Å²) in [6.07, 6.45) is 2.18. The number of fused-ring (bicyclic) bond motifs is 3. The minimum atomic E-state index is -0.406. The van der Waals surface area contributed by atoms with E-state index in [-0.39, 0.29) is 11.6 Å². The molecule has 1 saturated heterocycles. The molecule has 0 radical (unpaired) electrons. The second-order valence-corrected chi connectivity index (χ2v) is 6.83. The number of rotatable bonds is 1. The van der Waals surface area contributed by atoms with Gasteiger partial charge in [0.1, 0.15) is 5.60 Å². The van der Waals surface area contributed by atoms with Crippen molar-refractivity contribution in [3.63, 3.8) is 0 Å². The summed E-state index contributed by atoms with van der Waals surface area (Å²) in [5.74, 6) is 2.09. The molecule has 17 heavy (non-hydrogen) atoms. The largest absolute Gasteiger partial charge is 0.444 e. The monoisotopic (exact) mass is 238 g/mol. The molecule has 96 valence electrons.